The summed E-state index contributed by atoms with van der Waals surface area (Å²) in [4.78, 5) is 14.7. The first-order valence-corrected chi connectivity index (χ1v) is 8.92. The van der Waals surface area contributed by atoms with Gasteiger partial charge in [-0.15, -0.1) is 0 Å². The molecule has 3 nitrogen and oxygen atoms in total. The Morgan fingerprint density at radius 1 is 0.846 bits per heavy atom. The molecule has 0 atom stereocenters. The molecule has 26 heavy (non-hydrogen) atoms. The molecule has 0 heterocycles. The van der Waals surface area contributed by atoms with Crippen LogP contribution in [0.5, 0.6) is 0 Å². The van der Waals surface area contributed by atoms with Gasteiger partial charge < -0.3 is 10.2 Å². The highest BCUT2D eigenvalue weighted by Gasteiger charge is 2.15. The number of rotatable bonds is 7. The van der Waals surface area contributed by atoms with Crippen molar-refractivity contribution in [1.29, 1.82) is 0 Å². The van der Waals surface area contributed by atoms with Gasteiger partial charge in [0.1, 0.15) is 0 Å². The predicted molar refractivity (Wildman–Crippen MR) is 108 cm³/mol. The minimum absolute atomic E-state index is 0.111. The van der Waals surface area contributed by atoms with Gasteiger partial charge in [-0.3, -0.25) is 4.79 Å². The van der Waals surface area contributed by atoms with Crippen LogP contribution < -0.4 is 10.2 Å². The third-order valence-electron chi connectivity index (χ3n) is 4.27. The Kier molecular flexibility index (Phi) is 6.05. The van der Waals surface area contributed by atoms with Crippen molar-refractivity contribution in [3.8, 4) is 0 Å². The molecule has 3 aromatic rings. The molecule has 132 valence electrons. The molecule has 3 heteroatoms. The first-order chi connectivity index (χ1) is 12.7. The topological polar surface area (TPSA) is 32.3 Å². The van der Waals surface area contributed by atoms with E-state index in [9.17, 15) is 4.79 Å². The van der Waals surface area contributed by atoms with Crippen molar-refractivity contribution in [3.63, 3.8) is 0 Å². The zero-order valence-corrected chi connectivity index (χ0v) is 15.1. The first kappa shape index (κ1) is 17.7. The molecule has 0 aromatic heterocycles. The zero-order valence-electron chi connectivity index (χ0n) is 15.1. The summed E-state index contributed by atoms with van der Waals surface area (Å²) in [6.07, 6.45) is 0.440. The van der Waals surface area contributed by atoms with Gasteiger partial charge in [0.25, 0.3) is 0 Å². The lowest BCUT2D eigenvalue weighted by molar-refractivity contribution is -0.118. The molecule has 0 radical (unpaired) electrons. The van der Waals surface area contributed by atoms with E-state index in [2.05, 4.69) is 24.4 Å². The molecule has 0 aliphatic heterocycles. The maximum atomic E-state index is 12.9. The van der Waals surface area contributed by atoms with Crippen molar-refractivity contribution in [2.24, 2.45) is 0 Å². The standard InChI is InChI=1S/C23H24N2O/c1-19-12-14-21(15-13-19)24-17-16-23(26)25(22-10-6-3-7-11-22)18-20-8-4-2-5-9-20/h2-15,24H,16-18H2,1H3. The van der Waals surface area contributed by atoms with Crippen LogP contribution in [0, 0.1) is 6.92 Å². The van der Waals surface area contributed by atoms with Crippen LogP contribution in [0.4, 0.5) is 11.4 Å². The van der Waals surface area contributed by atoms with Crippen molar-refractivity contribution >= 4 is 17.3 Å². The number of aryl methyl sites for hydroxylation is 1. The van der Waals surface area contributed by atoms with Gasteiger partial charge in [0.2, 0.25) is 5.91 Å². The summed E-state index contributed by atoms with van der Waals surface area (Å²) in [6, 6.07) is 28.2. The van der Waals surface area contributed by atoms with Crippen LogP contribution in [0.15, 0.2) is 84.9 Å². The second-order valence-corrected chi connectivity index (χ2v) is 6.34. The summed E-state index contributed by atoms with van der Waals surface area (Å²) < 4.78 is 0. The predicted octanol–water partition coefficient (Wildman–Crippen LogP) is 5.03. The number of hydrogen-bond donors (Lipinski definition) is 1. The SMILES string of the molecule is Cc1ccc(NCCC(=O)N(Cc2ccccc2)c2ccccc2)cc1. The minimum Gasteiger partial charge on any atom is -0.385 e. The van der Waals surface area contributed by atoms with E-state index >= 15 is 0 Å². The molecule has 0 aliphatic carbocycles. The summed E-state index contributed by atoms with van der Waals surface area (Å²) >= 11 is 0. The van der Waals surface area contributed by atoms with Crippen molar-refractivity contribution in [2.75, 3.05) is 16.8 Å². The number of para-hydroxylation sites is 1. The van der Waals surface area contributed by atoms with Gasteiger partial charge in [0, 0.05) is 24.3 Å². The van der Waals surface area contributed by atoms with Crippen LogP contribution in [0.1, 0.15) is 17.5 Å². The Bertz CT molecular complexity index is 814. The van der Waals surface area contributed by atoms with E-state index in [0.29, 0.717) is 19.5 Å². The van der Waals surface area contributed by atoms with Gasteiger partial charge in [-0.05, 0) is 36.8 Å². The van der Waals surface area contributed by atoms with Crippen LogP contribution in [0.2, 0.25) is 0 Å². The fourth-order valence-electron chi connectivity index (χ4n) is 2.82. The van der Waals surface area contributed by atoms with Crippen LogP contribution in [-0.4, -0.2) is 12.5 Å². The second kappa shape index (κ2) is 8.86. The lowest BCUT2D eigenvalue weighted by Crippen LogP contribution is -2.31. The smallest absolute Gasteiger partial charge is 0.229 e. The van der Waals surface area contributed by atoms with E-state index in [1.165, 1.54) is 5.56 Å². The molecular formula is C23H24N2O. The molecule has 0 spiro atoms. The van der Waals surface area contributed by atoms with Crippen LogP contribution in [-0.2, 0) is 11.3 Å². The summed E-state index contributed by atoms with van der Waals surface area (Å²) in [6.45, 7) is 3.25. The highest BCUT2D eigenvalue weighted by Crippen LogP contribution is 2.18. The molecule has 0 saturated heterocycles. The van der Waals surface area contributed by atoms with Gasteiger partial charge in [-0.2, -0.15) is 0 Å². The van der Waals surface area contributed by atoms with E-state index in [1.54, 1.807) is 0 Å². The largest absolute Gasteiger partial charge is 0.385 e. The monoisotopic (exact) mass is 344 g/mol. The fourth-order valence-corrected chi connectivity index (χ4v) is 2.82. The highest BCUT2D eigenvalue weighted by molar-refractivity contribution is 5.93. The van der Waals surface area contributed by atoms with E-state index in [0.717, 1.165) is 16.9 Å². The third-order valence-corrected chi connectivity index (χ3v) is 4.27. The van der Waals surface area contributed by atoms with E-state index in [4.69, 9.17) is 0 Å². The average molecular weight is 344 g/mol. The van der Waals surface area contributed by atoms with Crippen LogP contribution >= 0.6 is 0 Å². The van der Waals surface area contributed by atoms with Gasteiger partial charge in [-0.1, -0.05) is 66.2 Å². The number of nitrogens with zero attached hydrogens (tertiary/aromatic N) is 1. The van der Waals surface area contributed by atoms with Crippen molar-refractivity contribution in [2.45, 2.75) is 19.9 Å². The summed E-state index contributed by atoms with van der Waals surface area (Å²) in [5.41, 5.74) is 4.32. The number of anilines is 2. The molecule has 3 rings (SSSR count). The molecule has 0 bridgehead atoms. The van der Waals surface area contributed by atoms with Crippen molar-refractivity contribution in [3.05, 3.63) is 96.1 Å². The zero-order chi connectivity index (χ0) is 18.2. The van der Waals surface area contributed by atoms with Gasteiger partial charge in [-0.25, -0.2) is 0 Å². The number of hydrogen-bond acceptors (Lipinski definition) is 2. The molecular weight excluding hydrogens is 320 g/mol. The minimum atomic E-state index is 0.111. The van der Waals surface area contributed by atoms with Crippen molar-refractivity contribution < 1.29 is 4.79 Å². The fraction of sp³-hybridized carbons (Fsp3) is 0.174. The van der Waals surface area contributed by atoms with E-state index < -0.39 is 0 Å². The lowest BCUT2D eigenvalue weighted by atomic mass is 10.1. The Morgan fingerprint density at radius 2 is 1.46 bits per heavy atom. The van der Waals surface area contributed by atoms with E-state index in [1.807, 2.05) is 77.7 Å². The Hall–Kier alpha value is -3.07. The normalized spacial score (nSPS) is 10.3. The number of carbonyl (C=O) groups excluding carboxylic acids is 1. The average Bonchev–Trinajstić information content (AvgIpc) is 2.69. The molecule has 3 aromatic carbocycles. The van der Waals surface area contributed by atoms with E-state index in [-0.39, 0.29) is 5.91 Å². The van der Waals surface area contributed by atoms with Crippen LogP contribution in [0.25, 0.3) is 0 Å². The maximum Gasteiger partial charge on any atom is 0.229 e. The summed E-state index contributed by atoms with van der Waals surface area (Å²) in [5.74, 6) is 0.111. The molecule has 0 aliphatic rings. The first-order valence-electron chi connectivity index (χ1n) is 8.92. The third kappa shape index (κ3) is 4.96. The number of amides is 1. The molecule has 1 N–H and O–H groups in total. The molecule has 1 amide bonds. The van der Waals surface area contributed by atoms with Gasteiger partial charge in [0.05, 0.1) is 6.54 Å². The number of nitrogens with one attached hydrogen (secondary N) is 1. The molecule has 0 fully saturated rings. The molecule has 0 unspecified atom stereocenters. The Balaban J connectivity index is 1.65. The quantitative estimate of drug-likeness (QED) is 0.652. The second-order valence-electron chi connectivity index (χ2n) is 6.34. The lowest BCUT2D eigenvalue weighted by Gasteiger charge is -2.23. The molecule has 0 saturated carbocycles. The van der Waals surface area contributed by atoms with Crippen LogP contribution in [0.3, 0.4) is 0 Å². The Labute approximate surface area is 155 Å². The summed E-state index contributed by atoms with van der Waals surface area (Å²) in [5, 5.41) is 3.33. The number of carbonyl (C=O) groups is 1. The Morgan fingerprint density at radius 3 is 2.12 bits per heavy atom. The summed E-state index contributed by atoms with van der Waals surface area (Å²) in [7, 11) is 0. The van der Waals surface area contributed by atoms with Crippen molar-refractivity contribution in [1.82, 2.24) is 0 Å². The van der Waals surface area contributed by atoms with Gasteiger partial charge >= 0.3 is 0 Å². The number of benzene rings is 3. The maximum absolute atomic E-state index is 12.9. The van der Waals surface area contributed by atoms with Gasteiger partial charge in [0.15, 0.2) is 0 Å². The highest BCUT2D eigenvalue weighted by atomic mass is 16.2.